The quantitative estimate of drug-likeness (QED) is 0.501. The lowest BCUT2D eigenvalue weighted by molar-refractivity contribution is 0.0152. The lowest BCUT2D eigenvalue weighted by Gasteiger charge is -2.48. The zero-order valence-corrected chi connectivity index (χ0v) is 23.2. The molecule has 38 heavy (non-hydrogen) atoms. The predicted octanol–water partition coefficient (Wildman–Crippen LogP) is 2.73. The zero-order chi connectivity index (χ0) is 27.4. The molecule has 0 radical (unpaired) electrons. The Kier molecular flexibility index (Phi) is 6.55. The van der Waals surface area contributed by atoms with E-state index in [-0.39, 0.29) is 30.2 Å². The van der Waals surface area contributed by atoms with Gasteiger partial charge in [0.15, 0.2) is 11.6 Å². The van der Waals surface area contributed by atoms with Crippen molar-refractivity contribution >= 4 is 17.0 Å². The van der Waals surface area contributed by atoms with Gasteiger partial charge in [0.1, 0.15) is 29.2 Å². The van der Waals surface area contributed by atoms with Gasteiger partial charge in [0.2, 0.25) is 0 Å². The van der Waals surface area contributed by atoms with E-state index in [9.17, 15) is 10.1 Å². The van der Waals surface area contributed by atoms with Crippen molar-refractivity contribution in [2.24, 2.45) is 14.1 Å². The van der Waals surface area contributed by atoms with Crippen LogP contribution in [-0.2, 0) is 20.5 Å². The van der Waals surface area contributed by atoms with E-state index in [1.807, 2.05) is 37.6 Å². The molecule has 5 rings (SSSR count). The van der Waals surface area contributed by atoms with E-state index in [0.717, 1.165) is 18.7 Å². The van der Waals surface area contributed by atoms with Crippen molar-refractivity contribution in [2.45, 2.75) is 71.2 Å². The summed E-state index contributed by atoms with van der Waals surface area (Å²) >= 11 is 0. The highest BCUT2D eigenvalue weighted by atomic mass is 16.6. The summed E-state index contributed by atoms with van der Waals surface area (Å²) in [5, 5.41) is 9.26. The third kappa shape index (κ3) is 4.36. The van der Waals surface area contributed by atoms with Gasteiger partial charge < -0.3 is 18.9 Å². The summed E-state index contributed by atoms with van der Waals surface area (Å²) in [5.41, 5.74) is 1.50. The number of aryl methyl sites for hydroxylation is 2. The van der Waals surface area contributed by atoms with Gasteiger partial charge in [-0.25, -0.2) is 14.8 Å². The van der Waals surface area contributed by atoms with E-state index in [1.165, 1.54) is 4.57 Å². The number of hydrogen-bond acceptors (Lipinski definition) is 9. The second kappa shape index (κ2) is 9.58. The first kappa shape index (κ1) is 26.0. The topological polar surface area (TPSA) is 114 Å². The monoisotopic (exact) mass is 520 g/mol. The number of hydrogen-bond donors (Lipinski definition) is 0. The Labute approximate surface area is 222 Å². The maximum Gasteiger partial charge on any atom is 0.350 e. The fourth-order valence-electron chi connectivity index (χ4n) is 5.58. The molecule has 5 heterocycles. The number of nitriles is 1. The highest BCUT2D eigenvalue weighted by Crippen LogP contribution is 2.37. The molecular weight excluding hydrogens is 484 g/mol. The van der Waals surface area contributed by atoms with Gasteiger partial charge in [0, 0.05) is 45.3 Å². The van der Waals surface area contributed by atoms with Crippen LogP contribution in [0, 0.1) is 11.3 Å². The Morgan fingerprint density at radius 2 is 1.95 bits per heavy atom. The molecule has 0 N–H and O–H groups in total. The van der Waals surface area contributed by atoms with Crippen LogP contribution in [0.3, 0.4) is 0 Å². The maximum absolute atomic E-state index is 12.9. The van der Waals surface area contributed by atoms with Gasteiger partial charge in [-0.2, -0.15) is 10.2 Å². The molecule has 2 aliphatic heterocycles. The fourth-order valence-corrected chi connectivity index (χ4v) is 5.58. The van der Waals surface area contributed by atoms with E-state index in [2.05, 4.69) is 41.6 Å². The van der Waals surface area contributed by atoms with Crippen LogP contribution in [0.5, 0.6) is 11.6 Å². The first-order valence-corrected chi connectivity index (χ1v) is 13.2. The summed E-state index contributed by atoms with van der Waals surface area (Å²) < 4.78 is 15.3. The molecule has 2 aliphatic rings. The van der Waals surface area contributed by atoms with Crippen molar-refractivity contribution in [2.75, 3.05) is 24.6 Å². The standard InChI is InChI=1S/C27H36N8O3/c1-8-18-14-34(23-22-25(33(7)26(36)31-23)32(6)21(30-22)11-12-28)16(2)13-35(18)17(3)19-9-10-20-24(29-19)38-27(4,5)15-37-20/h9-10,16-18H,8,11,13-15H2,1-7H3/t16-,17?,18+/m0/s1. The SMILES string of the molecule is CC[C@@H]1CN(c2nc(=O)n(C)c3c2nc(CC#N)n3C)[C@@H](C)CN1C(C)c1ccc2c(n1)OC(C)(C)CO2. The number of ether oxygens (including phenoxy) is 2. The summed E-state index contributed by atoms with van der Waals surface area (Å²) in [6.07, 6.45) is 1.08. The van der Waals surface area contributed by atoms with Crippen LogP contribution in [0.4, 0.5) is 5.82 Å². The third-order valence-electron chi connectivity index (χ3n) is 7.76. The van der Waals surface area contributed by atoms with Gasteiger partial charge in [-0.15, -0.1) is 0 Å². The zero-order valence-electron chi connectivity index (χ0n) is 23.2. The molecule has 3 aromatic rings. The normalized spacial score (nSPS) is 21.9. The Balaban J connectivity index is 1.46. The average Bonchev–Trinajstić information content (AvgIpc) is 3.21. The molecule has 0 aromatic carbocycles. The first-order valence-electron chi connectivity index (χ1n) is 13.2. The molecule has 1 unspecified atom stereocenters. The van der Waals surface area contributed by atoms with Crippen LogP contribution in [0.2, 0.25) is 0 Å². The molecule has 0 aliphatic carbocycles. The van der Waals surface area contributed by atoms with E-state index in [4.69, 9.17) is 19.4 Å². The minimum Gasteiger partial charge on any atom is -0.484 e. The lowest BCUT2D eigenvalue weighted by Crippen LogP contribution is -2.58. The highest BCUT2D eigenvalue weighted by Gasteiger charge is 2.37. The van der Waals surface area contributed by atoms with Gasteiger partial charge in [0.25, 0.3) is 5.88 Å². The average molecular weight is 521 g/mol. The lowest BCUT2D eigenvalue weighted by atomic mass is 10.0. The van der Waals surface area contributed by atoms with Crippen LogP contribution in [0.15, 0.2) is 16.9 Å². The number of anilines is 1. The molecular formula is C27H36N8O3. The first-order chi connectivity index (χ1) is 18.0. The molecule has 1 saturated heterocycles. The summed E-state index contributed by atoms with van der Waals surface area (Å²) in [6, 6.07) is 6.46. The molecule has 3 aromatic heterocycles. The summed E-state index contributed by atoms with van der Waals surface area (Å²) in [6.45, 7) is 12.4. The maximum atomic E-state index is 12.9. The van der Waals surface area contributed by atoms with Crippen molar-refractivity contribution in [3.8, 4) is 17.7 Å². The van der Waals surface area contributed by atoms with Crippen LogP contribution in [0.1, 0.15) is 58.6 Å². The van der Waals surface area contributed by atoms with Crippen LogP contribution in [0.25, 0.3) is 11.2 Å². The molecule has 0 bridgehead atoms. The van der Waals surface area contributed by atoms with Gasteiger partial charge in [-0.1, -0.05) is 6.92 Å². The van der Waals surface area contributed by atoms with E-state index in [1.54, 1.807) is 7.05 Å². The number of nitrogens with zero attached hydrogens (tertiary/aromatic N) is 8. The number of rotatable bonds is 5. The van der Waals surface area contributed by atoms with Crippen molar-refractivity contribution in [1.82, 2.24) is 29.0 Å². The molecule has 202 valence electrons. The largest absolute Gasteiger partial charge is 0.484 e. The molecule has 3 atom stereocenters. The molecule has 11 nitrogen and oxygen atoms in total. The van der Waals surface area contributed by atoms with Crippen molar-refractivity contribution in [3.63, 3.8) is 0 Å². The minimum absolute atomic E-state index is 0.0530. The van der Waals surface area contributed by atoms with E-state index >= 15 is 0 Å². The Morgan fingerprint density at radius 1 is 1.18 bits per heavy atom. The van der Waals surface area contributed by atoms with Gasteiger partial charge in [-0.05, 0) is 46.2 Å². The molecule has 1 fully saturated rings. The Hall–Kier alpha value is -3.65. The number of imidazole rings is 1. The van der Waals surface area contributed by atoms with Gasteiger partial charge >= 0.3 is 5.69 Å². The Morgan fingerprint density at radius 3 is 2.66 bits per heavy atom. The van der Waals surface area contributed by atoms with E-state index < -0.39 is 5.60 Å². The molecule has 0 spiro atoms. The second-order valence-electron chi connectivity index (χ2n) is 11.0. The number of aromatic nitrogens is 5. The minimum atomic E-state index is -0.419. The molecule has 11 heteroatoms. The number of pyridine rings is 1. The fraction of sp³-hybridized carbons (Fsp3) is 0.593. The van der Waals surface area contributed by atoms with Crippen molar-refractivity contribution < 1.29 is 9.47 Å². The van der Waals surface area contributed by atoms with Crippen molar-refractivity contribution in [1.29, 1.82) is 5.26 Å². The van der Waals surface area contributed by atoms with E-state index in [0.29, 0.717) is 47.6 Å². The predicted molar refractivity (Wildman–Crippen MR) is 144 cm³/mol. The molecule has 0 saturated carbocycles. The van der Waals surface area contributed by atoms with Gasteiger partial charge in [0.05, 0.1) is 18.2 Å². The second-order valence-corrected chi connectivity index (χ2v) is 11.0. The number of fused-ring (bicyclic) bond motifs is 2. The summed E-state index contributed by atoms with van der Waals surface area (Å²) in [4.78, 5) is 31.6. The smallest absolute Gasteiger partial charge is 0.350 e. The van der Waals surface area contributed by atoms with Gasteiger partial charge in [-0.3, -0.25) is 9.47 Å². The molecule has 0 amide bonds. The highest BCUT2D eigenvalue weighted by molar-refractivity contribution is 5.84. The Bertz CT molecular complexity index is 1470. The number of piperazine rings is 1. The van der Waals surface area contributed by atoms with Crippen LogP contribution in [-0.4, -0.2) is 66.4 Å². The van der Waals surface area contributed by atoms with Crippen LogP contribution < -0.4 is 20.1 Å². The van der Waals surface area contributed by atoms with Crippen LogP contribution >= 0.6 is 0 Å². The van der Waals surface area contributed by atoms with Crippen molar-refractivity contribution in [3.05, 3.63) is 34.1 Å². The summed E-state index contributed by atoms with van der Waals surface area (Å²) in [7, 11) is 3.53. The third-order valence-corrected chi connectivity index (χ3v) is 7.76. The summed E-state index contributed by atoms with van der Waals surface area (Å²) in [5.74, 6) is 2.42.